The van der Waals surface area contributed by atoms with Crippen LogP contribution in [0.15, 0.2) is 59.1 Å². The van der Waals surface area contributed by atoms with Crippen molar-refractivity contribution in [3.05, 3.63) is 70.8 Å². The third kappa shape index (κ3) is 4.36. The molecule has 0 heterocycles. The van der Waals surface area contributed by atoms with Gasteiger partial charge >= 0.3 is 0 Å². The van der Waals surface area contributed by atoms with E-state index in [1.165, 1.54) is 11.1 Å². The van der Waals surface area contributed by atoms with Gasteiger partial charge in [-0.15, -0.1) is 0 Å². The predicted molar refractivity (Wildman–Crippen MR) is 108 cm³/mol. The lowest BCUT2D eigenvalue weighted by Gasteiger charge is -2.16. The molecule has 24 heavy (non-hydrogen) atoms. The average molecular weight is 340 g/mol. The van der Waals surface area contributed by atoms with E-state index in [9.17, 15) is 0 Å². The summed E-state index contributed by atoms with van der Waals surface area (Å²) < 4.78 is 0. The predicted octanol–water partition coefficient (Wildman–Crippen LogP) is 7.31. The van der Waals surface area contributed by atoms with Crippen LogP contribution in [-0.4, -0.2) is 6.21 Å². The smallest absolute Gasteiger partial charge is 0.0698 e. The number of nitrogens with zero attached hydrogens (tertiary/aromatic N) is 1. The number of halogens is 1. The normalized spacial score (nSPS) is 13.0. The first-order valence-corrected chi connectivity index (χ1v) is 8.88. The topological polar surface area (TPSA) is 12.4 Å². The van der Waals surface area contributed by atoms with Crippen LogP contribution in [0.25, 0.3) is 5.03 Å². The Morgan fingerprint density at radius 1 is 0.875 bits per heavy atom. The largest absolute Gasteiger partial charge is 0.256 e. The van der Waals surface area contributed by atoms with Crippen LogP contribution in [0.4, 0.5) is 5.69 Å². The molecule has 0 N–H and O–H groups in total. The van der Waals surface area contributed by atoms with E-state index in [0.717, 1.165) is 21.9 Å². The number of rotatable bonds is 5. The lowest BCUT2D eigenvalue weighted by molar-refractivity contribution is 0.835. The summed E-state index contributed by atoms with van der Waals surface area (Å²) in [6.45, 7) is 10.8. The Morgan fingerprint density at radius 3 is 1.92 bits per heavy atom. The van der Waals surface area contributed by atoms with E-state index in [1.54, 1.807) is 0 Å². The first kappa shape index (κ1) is 18.5. The summed E-state index contributed by atoms with van der Waals surface area (Å²) in [5.74, 6) is 0.870. The maximum absolute atomic E-state index is 6.52. The molecule has 0 bridgehead atoms. The molecule has 0 amide bonds. The molecule has 2 aromatic rings. The van der Waals surface area contributed by atoms with Gasteiger partial charge < -0.3 is 0 Å². The van der Waals surface area contributed by atoms with Gasteiger partial charge in [-0.3, -0.25) is 4.99 Å². The van der Waals surface area contributed by atoms with Gasteiger partial charge in [0.25, 0.3) is 0 Å². The fourth-order valence-corrected chi connectivity index (χ4v) is 2.87. The van der Waals surface area contributed by atoms with Crippen LogP contribution in [0.5, 0.6) is 0 Å². The summed E-state index contributed by atoms with van der Waals surface area (Å²) in [5.41, 5.74) is 5.63. The van der Waals surface area contributed by atoms with Gasteiger partial charge in [-0.1, -0.05) is 87.8 Å². The molecule has 0 unspecified atom stereocenters. The second-order valence-electron chi connectivity index (χ2n) is 6.72. The van der Waals surface area contributed by atoms with E-state index in [2.05, 4.69) is 45.9 Å². The van der Waals surface area contributed by atoms with Gasteiger partial charge in [0.05, 0.1) is 10.7 Å². The lowest BCUT2D eigenvalue weighted by Crippen LogP contribution is -1.96. The first-order valence-electron chi connectivity index (χ1n) is 8.50. The van der Waals surface area contributed by atoms with Gasteiger partial charge in [-0.2, -0.15) is 0 Å². The van der Waals surface area contributed by atoms with E-state index in [4.69, 9.17) is 16.6 Å². The molecular weight excluding hydrogens is 314 g/mol. The zero-order valence-electron chi connectivity index (χ0n) is 15.2. The third-order valence-electron chi connectivity index (χ3n) is 4.10. The summed E-state index contributed by atoms with van der Waals surface area (Å²) in [5, 5.41) is 0.743. The first-order chi connectivity index (χ1) is 11.4. The SMILES string of the molecule is C/C(C=Nc1c(C(C)C)cccc1C(C)C)=C(\Cl)c1ccccc1. The molecule has 126 valence electrons. The summed E-state index contributed by atoms with van der Waals surface area (Å²) in [6.07, 6.45) is 1.89. The van der Waals surface area contributed by atoms with Crippen molar-refractivity contribution in [1.82, 2.24) is 0 Å². The molecule has 2 rings (SSSR count). The molecular formula is C22H26ClN. The van der Waals surface area contributed by atoms with Crippen molar-refractivity contribution >= 4 is 28.5 Å². The van der Waals surface area contributed by atoms with E-state index < -0.39 is 0 Å². The Morgan fingerprint density at radius 2 is 1.42 bits per heavy atom. The van der Waals surface area contributed by atoms with Crippen molar-refractivity contribution in [3.63, 3.8) is 0 Å². The molecule has 0 spiro atoms. The van der Waals surface area contributed by atoms with Crippen LogP contribution in [0.3, 0.4) is 0 Å². The van der Waals surface area contributed by atoms with Gasteiger partial charge in [0.1, 0.15) is 0 Å². The van der Waals surface area contributed by atoms with Gasteiger partial charge in [0, 0.05) is 6.21 Å². The van der Waals surface area contributed by atoms with Crippen LogP contribution in [0.1, 0.15) is 63.1 Å². The molecule has 0 saturated heterocycles. The van der Waals surface area contributed by atoms with Crippen LogP contribution < -0.4 is 0 Å². The van der Waals surface area contributed by atoms with Gasteiger partial charge in [0.15, 0.2) is 0 Å². The van der Waals surface area contributed by atoms with E-state index in [1.807, 2.05) is 43.5 Å². The maximum Gasteiger partial charge on any atom is 0.0698 e. The highest BCUT2D eigenvalue weighted by Gasteiger charge is 2.12. The van der Waals surface area contributed by atoms with Gasteiger partial charge in [0.2, 0.25) is 0 Å². The molecule has 0 aliphatic carbocycles. The van der Waals surface area contributed by atoms with Crippen molar-refractivity contribution in [3.8, 4) is 0 Å². The van der Waals surface area contributed by atoms with Crippen molar-refractivity contribution in [1.29, 1.82) is 0 Å². The summed E-state index contributed by atoms with van der Waals surface area (Å²) in [4.78, 5) is 4.83. The second kappa shape index (κ2) is 8.30. The molecule has 0 atom stereocenters. The minimum absolute atomic E-state index is 0.435. The molecule has 0 aliphatic rings. The number of para-hydroxylation sites is 1. The second-order valence-corrected chi connectivity index (χ2v) is 7.09. The van der Waals surface area contributed by atoms with Crippen LogP contribution >= 0.6 is 11.6 Å². The zero-order valence-corrected chi connectivity index (χ0v) is 15.9. The monoisotopic (exact) mass is 339 g/mol. The minimum atomic E-state index is 0.435. The number of hydrogen-bond donors (Lipinski definition) is 0. The Hall–Kier alpha value is -1.86. The Kier molecular flexibility index (Phi) is 6.39. The Labute approximate surface area is 151 Å². The Bertz CT molecular complexity index is 714. The van der Waals surface area contributed by atoms with E-state index in [-0.39, 0.29) is 0 Å². The Balaban J connectivity index is 2.45. The minimum Gasteiger partial charge on any atom is -0.256 e. The number of hydrogen-bond acceptors (Lipinski definition) is 1. The highest BCUT2D eigenvalue weighted by Crippen LogP contribution is 2.34. The molecule has 0 aromatic heterocycles. The number of aliphatic imine (C=N–C) groups is 1. The molecule has 0 fully saturated rings. The zero-order chi connectivity index (χ0) is 17.7. The highest BCUT2D eigenvalue weighted by atomic mass is 35.5. The lowest BCUT2D eigenvalue weighted by atomic mass is 9.93. The fraction of sp³-hybridized carbons (Fsp3) is 0.318. The molecule has 0 radical (unpaired) electrons. The summed E-state index contributed by atoms with van der Waals surface area (Å²) in [6, 6.07) is 16.5. The molecule has 1 nitrogen and oxygen atoms in total. The van der Waals surface area contributed by atoms with Crippen molar-refractivity contribution in [2.24, 2.45) is 4.99 Å². The average Bonchev–Trinajstić information content (AvgIpc) is 2.59. The van der Waals surface area contributed by atoms with Crippen LogP contribution in [0, 0.1) is 0 Å². The van der Waals surface area contributed by atoms with Crippen molar-refractivity contribution in [2.75, 3.05) is 0 Å². The summed E-state index contributed by atoms with van der Waals surface area (Å²) in [7, 11) is 0. The van der Waals surface area contributed by atoms with Crippen LogP contribution in [0.2, 0.25) is 0 Å². The highest BCUT2D eigenvalue weighted by molar-refractivity contribution is 6.50. The van der Waals surface area contributed by atoms with E-state index >= 15 is 0 Å². The van der Waals surface area contributed by atoms with Crippen molar-refractivity contribution in [2.45, 2.75) is 46.5 Å². The molecule has 2 heteroatoms. The quantitative estimate of drug-likeness (QED) is 0.506. The molecule has 2 aromatic carbocycles. The number of benzene rings is 2. The van der Waals surface area contributed by atoms with E-state index in [0.29, 0.717) is 11.8 Å². The summed E-state index contributed by atoms with van der Waals surface area (Å²) >= 11 is 6.52. The third-order valence-corrected chi connectivity index (χ3v) is 4.62. The standard InChI is InChI=1S/C22H26ClN/c1-15(2)19-12-9-13-20(16(3)4)22(19)24-14-17(5)21(23)18-10-7-6-8-11-18/h6-16H,1-5H3/b21-17+,24-14?. The van der Waals surface area contributed by atoms with Crippen molar-refractivity contribution < 1.29 is 0 Å². The number of allylic oxidation sites excluding steroid dienone is 1. The van der Waals surface area contributed by atoms with Gasteiger partial charge in [-0.25, -0.2) is 0 Å². The fourth-order valence-electron chi connectivity index (χ4n) is 2.69. The molecule has 0 aliphatic heterocycles. The van der Waals surface area contributed by atoms with Crippen LogP contribution in [-0.2, 0) is 0 Å². The molecule has 0 saturated carbocycles. The van der Waals surface area contributed by atoms with Gasteiger partial charge in [-0.05, 0) is 41.0 Å². The maximum atomic E-state index is 6.52.